The summed E-state index contributed by atoms with van der Waals surface area (Å²) in [5.74, 6) is 44.0. The van der Waals surface area contributed by atoms with Crippen molar-refractivity contribution < 1.29 is 76.4 Å². The second-order valence-corrected chi connectivity index (χ2v) is 38.4. The minimum Gasteiger partial charge on any atom is -0.388 e. The monoisotopic (exact) mass is 1900 g/mol. The average molecular weight is 1900 g/mol. The molecule has 6 aliphatic rings. The largest absolute Gasteiger partial charge is 0.388 e. The molecule has 0 aromatic heterocycles. The second-order valence-electron chi connectivity index (χ2n) is 38.4. The van der Waals surface area contributed by atoms with Gasteiger partial charge in [0.2, 0.25) is 0 Å². The molecule has 7 aromatic carbocycles. The van der Waals surface area contributed by atoms with E-state index in [0.717, 1.165) is 174 Å². The quantitative estimate of drug-likeness (QED) is 0.0239. The van der Waals surface area contributed by atoms with Crippen LogP contribution in [0.4, 0.5) is 0 Å². The number of aliphatic hydroxyl groups is 12. The summed E-state index contributed by atoms with van der Waals surface area (Å²) in [7, 11) is 0. The second kappa shape index (κ2) is 65.2. The Bertz CT molecular complexity index is 5720. The minimum absolute atomic E-state index is 0.0494. The molecule has 0 saturated heterocycles. The van der Waals surface area contributed by atoms with Crippen LogP contribution in [0.25, 0.3) is 0 Å². The molecule has 0 amide bonds. The standard InChI is InChI=1S/C19H28O2.4C18H24O2.2C18H24O/c1-4-8-18(20)17-10-7-9-16(15-17)11-14-19(21,12-5-2)13-6-3;4*1-2-7-17(19)16-9-6-8-15(14-16)10-13-18(20)11-4-3-5-12-18;2*1-2-7-18(19)17-11-6-10-16(14-17)13-12-15-8-4-3-5-9-15/h7,9-10,15,18,20-21H,4-6,8,12-13H2,1-3H3;4*6,8-9,14,17,19-20H,2-5,7,11-12H2,1H3;2*6,10-11,14-15,18-19H,2-5,7-9H2,1H3/i18D;9D;7D2;6D;2D2;7D2;2D2. The van der Waals surface area contributed by atoms with Gasteiger partial charge in [0.05, 0.1) is 46.8 Å². The first-order valence-electron chi connectivity index (χ1n) is 57.9. The molecule has 12 heteroatoms. The van der Waals surface area contributed by atoms with Crippen LogP contribution in [0.2, 0.25) is 0 Å². The van der Waals surface area contributed by atoms with Crippen LogP contribution in [0, 0.1) is 94.7 Å². The Morgan fingerprint density at radius 2 is 0.590 bits per heavy atom. The van der Waals surface area contributed by atoms with Gasteiger partial charge in [-0.2, -0.15) is 0 Å². The SMILES string of the molecule is [2H]C(O)(CCC)c1cccc(C#CC(O)(CCC)CCC)c1.[2H]C([2H])(C)CC(O)c1cccc(C#CC2(O)CCCCC2)c1.[2H]C([2H])(C)CC(O)c1cccc(C#CC2CCCCC2)c1.[2H]C([2H])(CC)C(O)c1cccc(C#CC2(O)CCCCC2)c1.[2H]C([2H])(CC)C(O)c1cccc(C#CC2CCCCC2)c1.[2H]c1cc(C#CC2(O)CCCCC2)cc(C(O)CCC)c1.[2H]c1ccc(C#CC2(O)CCCCC2)cc1C(O)CCC. The van der Waals surface area contributed by atoms with Crippen LogP contribution < -0.4 is 0 Å². The molecule has 13 rings (SSSR count). The Balaban J connectivity index is 0.000000237. The lowest BCUT2D eigenvalue weighted by Gasteiger charge is -2.26. The summed E-state index contributed by atoms with van der Waals surface area (Å²) in [5.41, 5.74) is 5.40. The van der Waals surface area contributed by atoms with Gasteiger partial charge in [0.25, 0.3) is 0 Å². The van der Waals surface area contributed by atoms with E-state index in [2.05, 4.69) is 82.9 Å². The number of rotatable bonds is 25. The Kier molecular flexibility index (Phi) is 47.0. The third-order valence-corrected chi connectivity index (χ3v) is 26.0. The van der Waals surface area contributed by atoms with Crippen LogP contribution in [0.5, 0.6) is 0 Å². The van der Waals surface area contributed by atoms with Gasteiger partial charge in [-0.25, -0.2) is 0 Å². The van der Waals surface area contributed by atoms with Crippen molar-refractivity contribution in [3.8, 4) is 82.9 Å². The maximum atomic E-state index is 10.5. The van der Waals surface area contributed by atoms with E-state index in [-0.39, 0.29) is 25.7 Å². The van der Waals surface area contributed by atoms with Gasteiger partial charge in [-0.05, 0) is 310 Å². The molecule has 0 aliphatic heterocycles. The Hall–Kier alpha value is -9.02. The summed E-state index contributed by atoms with van der Waals surface area (Å²) in [4.78, 5) is 0. The Labute approximate surface area is 855 Å². The predicted octanol–water partition coefficient (Wildman–Crippen LogP) is 27.4. The lowest BCUT2D eigenvalue weighted by Crippen LogP contribution is -2.29. The third-order valence-electron chi connectivity index (χ3n) is 26.0. The molecule has 6 aliphatic carbocycles. The molecule has 0 spiro atoms. The molecule has 752 valence electrons. The number of hydrogen-bond donors (Lipinski definition) is 12. The molecule has 7 atom stereocenters. The zero-order chi connectivity index (χ0) is 110. The van der Waals surface area contributed by atoms with Crippen molar-refractivity contribution in [1.82, 2.24) is 0 Å². The van der Waals surface area contributed by atoms with Crippen molar-refractivity contribution in [2.75, 3.05) is 0 Å². The zero-order valence-corrected chi connectivity index (χ0v) is 85.1. The first kappa shape index (κ1) is 100. The molecular weight excluding hydrogens is 1720 g/mol. The van der Waals surface area contributed by atoms with Crippen LogP contribution >= 0.6 is 0 Å². The molecule has 139 heavy (non-hydrogen) atoms. The molecule has 12 N–H and O–H groups in total. The van der Waals surface area contributed by atoms with Crippen molar-refractivity contribution in [2.24, 2.45) is 11.8 Å². The first-order valence-corrected chi connectivity index (χ1v) is 52.4. The summed E-state index contributed by atoms with van der Waals surface area (Å²) in [6.07, 6.45) is 26.4. The highest BCUT2D eigenvalue weighted by atomic mass is 16.3. The summed E-state index contributed by atoms with van der Waals surface area (Å²) in [6, 6.07) is 47.3. The van der Waals surface area contributed by atoms with Gasteiger partial charge >= 0.3 is 0 Å². The van der Waals surface area contributed by atoms with E-state index < -0.39 is 96.2 Å². The number of hydrogen-bond acceptors (Lipinski definition) is 12. The third kappa shape index (κ3) is 45.4. The highest BCUT2D eigenvalue weighted by Gasteiger charge is 2.31. The zero-order valence-electron chi connectivity index (χ0n) is 96.1. The molecule has 12 nitrogen and oxygen atoms in total. The predicted molar refractivity (Wildman–Crippen MR) is 572 cm³/mol. The lowest BCUT2D eigenvalue weighted by atomic mass is 9.85. The molecule has 0 radical (unpaired) electrons. The Morgan fingerprint density at radius 3 is 0.928 bits per heavy atom. The van der Waals surface area contributed by atoms with Gasteiger partial charge in [0.15, 0.2) is 0 Å². The molecule has 7 unspecified atom stereocenters. The van der Waals surface area contributed by atoms with E-state index in [1.165, 1.54) is 90.9 Å². The molecule has 0 bridgehead atoms. The summed E-state index contributed by atoms with van der Waals surface area (Å²) in [5, 5.41) is 123. The fourth-order valence-electron chi connectivity index (χ4n) is 17.9. The van der Waals surface area contributed by atoms with E-state index in [0.29, 0.717) is 108 Å². The highest BCUT2D eigenvalue weighted by Crippen LogP contribution is 2.35. The molecular formula is C127H172O12. The van der Waals surface area contributed by atoms with E-state index >= 15 is 0 Å². The first-order chi connectivity index (χ1) is 71.0. The van der Waals surface area contributed by atoms with Gasteiger partial charge in [-0.3, -0.25) is 0 Å². The topological polar surface area (TPSA) is 243 Å². The fourth-order valence-corrected chi connectivity index (χ4v) is 17.9. The summed E-state index contributed by atoms with van der Waals surface area (Å²) in [6.45, 7) is 16.4. The van der Waals surface area contributed by atoms with Crippen LogP contribution in [0.3, 0.4) is 0 Å². The summed E-state index contributed by atoms with van der Waals surface area (Å²) < 4.78 is 85.3. The Morgan fingerprint density at radius 1 is 0.309 bits per heavy atom. The van der Waals surface area contributed by atoms with Crippen LogP contribution in [-0.2, 0) is 0 Å². The number of aliphatic hydroxyl groups excluding tert-OH is 6. The van der Waals surface area contributed by atoms with Crippen molar-refractivity contribution in [3.05, 3.63) is 248 Å². The summed E-state index contributed by atoms with van der Waals surface area (Å²) >= 11 is 0. The van der Waals surface area contributed by atoms with E-state index in [4.69, 9.17) is 15.1 Å². The molecule has 6 saturated carbocycles. The maximum Gasteiger partial charge on any atom is 0.125 e. The highest BCUT2D eigenvalue weighted by molar-refractivity contribution is 5.46. The molecule has 7 aromatic rings. The molecule has 0 heterocycles. The van der Waals surface area contributed by atoms with Gasteiger partial charge in [-0.15, -0.1) is 0 Å². The van der Waals surface area contributed by atoms with Crippen LogP contribution in [0.15, 0.2) is 170 Å². The van der Waals surface area contributed by atoms with Gasteiger partial charge in [0.1, 0.15) is 28.0 Å². The van der Waals surface area contributed by atoms with Crippen LogP contribution in [0.1, 0.15) is 506 Å². The van der Waals surface area contributed by atoms with Crippen molar-refractivity contribution >= 4 is 0 Å². The number of benzene rings is 7. The average Bonchev–Trinajstić information content (AvgIpc) is 0.838. The van der Waals surface area contributed by atoms with Gasteiger partial charge in [0, 0.05) is 61.7 Å². The van der Waals surface area contributed by atoms with Crippen LogP contribution in [-0.4, -0.2) is 89.3 Å². The van der Waals surface area contributed by atoms with Crippen molar-refractivity contribution in [2.45, 2.75) is 441 Å². The van der Waals surface area contributed by atoms with Gasteiger partial charge < -0.3 is 61.3 Å². The van der Waals surface area contributed by atoms with Gasteiger partial charge in [-0.1, -0.05) is 352 Å². The minimum atomic E-state index is -1.66. The van der Waals surface area contributed by atoms with Crippen molar-refractivity contribution in [1.29, 1.82) is 0 Å². The fraction of sp³-hybridized carbons (Fsp3) is 0.559. The normalized spacial score (nSPS) is 19.4. The van der Waals surface area contributed by atoms with E-state index in [1.54, 1.807) is 105 Å². The van der Waals surface area contributed by atoms with Crippen molar-refractivity contribution in [3.63, 3.8) is 0 Å². The maximum absolute atomic E-state index is 10.5. The lowest BCUT2D eigenvalue weighted by molar-refractivity contribution is 0.0606. The smallest absolute Gasteiger partial charge is 0.125 e. The van der Waals surface area contributed by atoms with E-state index in [1.807, 2.05) is 101 Å². The molecule has 6 fully saturated rings. The van der Waals surface area contributed by atoms with E-state index in [9.17, 15) is 61.3 Å².